The Kier molecular flexibility index (Phi) is 7.41. The van der Waals surface area contributed by atoms with Gasteiger partial charge in [0.25, 0.3) is 0 Å². The highest BCUT2D eigenvalue weighted by Gasteiger charge is 2.21. The Morgan fingerprint density at radius 2 is 1.70 bits per heavy atom. The maximum Gasteiger partial charge on any atom is 0.147 e. The van der Waals surface area contributed by atoms with Crippen molar-refractivity contribution < 1.29 is 4.74 Å². The van der Waals surface area contributed by atoms with Gasteiger partial charge in [0.1, 0.15) is 18.2 Å². The Balaban J connectivity index is 1.12. The third-order valence-corrected chi connectivity index (χ3v) is 5.94. The molecule has 6 nitrogen and oxygen atoms in total. The second-order valence-electron chi connectivity index (χ2n) is 7.61. The normalized spacial score (nSPS) is 18.2. The first-order chi connectivity index (χ1) is 14.8. The molecule has 158 valence electrons. The van der Waals surface area contributed by atoms with E-state index in [0.29, 0.717) is 11.6 Å². The zero-order valence-electron chi connectivity index (χ0n) is 17.2. The first-order valence-electron chi connectivity index (χ1n) is 10.6. The van der Waals surface area contributed by atoms with Gasteiger partial charge in [0.2, 0.25) is 0 Å². The van der Waals surface area contributed by atoms with Crippen molar-refractivity contribution in [1.29, 1.82) is 0 Å². The molecule has 0 radical (unpaired) electrons. The summed E-state index contributed by atoms with van der Waals surface area (Å²) in [6.45, 7) is 7.15. The Morgan fingerprint density at radius 1 is 0.900 bits per heavy atom. The van der Waals surface area contributed by atoms with Gasteiger partial charge in [-0.1, -0.05) is 29.5 Å². The van der Waals surface area contributed by atoms with Crippen LogP contribution in [0.2, 0.25) is 5.02 Å². The van der Waals surface area contributed by atoms with Gasteiger partial charge < -0.3 is 14.5 Å². The number of hydrogen-bond donors (Lipinski definition) is 0. The van der Waals surface area contributed by atoms with Crippen LogP contribution in [0.15, 0.2) is 42.7 Å². The summed E-state index contributed by atoms with van der Waals surface area (Å²) < 4.78 is 5.97. The summed E-state index contributed by atoms with van der Waals surface area (Å²) in [5, 5.41) is 0.712. The molecule has 2 aliphatic heterocycles. The molecule has 0 unspecified atom stereocenters. The number of nitrogens with zero attached hydrogens (tertiary/aromatic N) is 5. The van der Waals surface area contributed by atoms with Crippen LogP contribution in [0.1, 0.15) is 12.8 Å². The third-order valence-electron chi connectivity index (χ3n) is 5.65. The van der Waals surface area contributed by atoms with Gasteiger partial charge in [-0.3, -0.25) is 4.90 Å². The number of piperazine rings is 1. The van der Waals surface area contributed by atoms with Crippen LogP contribution in [0.3, 0.4) is 0 Å². The van der Waals surface area contributed by atoms with Crippen molar-refractivity contribution in [2.45, 2.75) is 18.9 Å². The van der Waals surface area contributed by atoms with Crippen molar-refractivity contribution in [3.05, 3.63) is 47.7 Å². The Bertz CT molecular complexity index is 853. The fourth-order valence-electron chi connectivity index (χ4n) is 3.90. The lowest BCUT2D eigenvalue weighted by molar-refractivity contribution is 0.0593. The van der Waals surface area contributed by atoms with E-state index < -0.39 is 0 Å². The molecule has 4 rings (SSSR count). The Labute approximate surface area is 183 Å². The van der Waals surface area contributed by atoms with E-state index in [1.165, 1.54) is 0 Å². The maximum absolute atomic E-state index is 6.25. The lowest BCUT2D eigenvalue weighted by Crippen LogP contribution is -2.46. The molecule has 0 aliphatic carbocycles. The third kappa shape index (κ3) is 5.63. The lowest BCUT2D eigenvalue weighted by atomic mass is 10.1. The van der Waals surface area contributed by atoms with E-state index in [2.05, 4.69) is 42.6 Å². The predicted octanol–water partition coefficient (Wildman–Crippen LogP) is 2.94. The molecule has 0 N–H and O–H groups in total. The van der Waals surface area contributed by atoms with Crippen LogP contribution >= 0.6 is 11.6 Å². The van der Waals surface area contributed by atoms with Gasteiger partial charge in [0.15, 0.2) is 0 Å². The molecular formula is C23H28ClN5O. The minimum Gasteiger partial charge on any atom is -0.365 e. The highest BCUT2D eigenvalue weighted by atomic mass is 35.5. The Hall–Kier alpha value is -2.33. The molecule has 0 atom stereocenters. The highest BCUT2D eigenvalue weighted by Crippen LogP contribution is 2.26. The van der Waals surface area contributed by atoms with Gasteiger partial charge in [-0.25, -0.2) is 9.97 Å². The predicted molar refractivity (Wildman–Crippen MR) is 121 cm³/mol. The molecule has 0 saturated carbocycles. The van der Waals surface area contributed by atoms with Gasteiger partial charge in [-0.2, -0.15) is 0 Å². The standard InChI is InChI=1S/C23H28ClN5O/c24-21-6-5-11-26-23(21)29-13-8-20(9-14-29)30-19-4-3-12-27-15-17-28(18-16-27)22-7-1-2-10-25-22/h1-2,5-7,10-11,20H,8-9,12-19H2. The average Bonchev–Trinajstić information content (AvgIpc) is 2.81. The van der Waals surface area contributed by atoms with E-state index >= 15 is 0 Å². The van der Waals surface area contributed by atoms with Crippen LogP contribution in [0, 0.1) is 11.8 Å². The van der Waals surface area contributed by atoms with Crippen molar-refractivity contribution in [2.75, 3.05) is 62.2 Å². The molecule has 2 aromatic heterocycles. The minimum absolute atomic E-state index is 0.264. The maximum atomic E-state index is 6.25. The second-order valence-corrected chi connectivity index (χ2v) is 8.02. The summed E-state index contributed by atoms with van der Waals surface area (Å²) in [4.78, 5) is 15.8. The number of halogens is 1. The van der Waals surface area contributed by atoms with Crippen molar-refractivity contribution in [1.82, 2.24) is 14.9 Å². The van der Waals surface area contributed by atoms with Gasteiger partial charge >= 0.3 is 0 Å². The van der Waals surface area contributed by atoms with Crippen molar-refractivity contribution >= 4 is 23.2 Å². The summed E-state index contributed by atoms with van der Waals surface area (Å²) in [5.74, 6) is 8.40. The summed E-state index contributed by atoms with van der Waals surface area (Å²) >= 11 is 6.25. The lowest BCUT2D eigenvalue weighted by Gasteiger charge is -2.34. The number of pyridine rings is 2. The molecule has 2 fully saturated rings. The Morgan fingerprint density at radius 3 is 2.43 bits per heavy atom. The molecular weight excluding hydrogens is 398 g/mol. The number of hydrogen-bond acceptors (Lipinski definition) is 6. The van der Waals surface area contributed by atoms with E-state index in [4.69, 9.17) is 16.3 Å². The topological polar surface area (TPSA) is 44.7 Å². The van der Waals surface area contributed by atoms with Crippen LogP contribution in [0.4, 0.5) is 11.6 Å². The highest BCUT2D eigenvalue weighted by molar-refractivity contribution is 6.32. The van der Waals surface area contributed by atoms with Crippen molar-refractivity contribution in [2.24, 2.45) is 0 Å². The number of rotatable bonds is 5. The molecule has 7 heteroatoms. The van der Waals surface area contributed by atoms with Crippen molar-refractivity contribution in [3.8, 4) is 11.8 Å². The number of ether oxygens (including phenoxy) is 1. The van der Waals surface area contributed by atoms with E-state index in [9.17, 15) is 0 Å². The zero-order valence-corrected chi connectivity index (χ0v) is 18.0. The molecule has 0 spiro atoms. The quantitative estimate of drug-likeness (QED) is 0.686. The van der Waals surface area contributed by atoms with E-state index in [1.807, 2.05) is 30.5 Å². The fraction of sp³-hybridized carbons (Fsp3) is 0.478. The summed E-state index contributed by atoms with van der Waals surface area (Å²) in [6.07, 6.45) is 5.86. The largest absolute Gasteiger partial charge is 0.365 e. The minimum atomic E-state index is 0.264. The van der Waals surface area contributed by atoms with E-state index in [1.54, 1.807) is 6.20 Å². The number of piperidine rings is 1. The van der Waals surface area contributed by atoms with Gasteiger partial charge in [0, 0.05) is 51.7 Å². The molecule has 0 aromatic carbocycles. The molecule has 0 amide bonds. The smallest absolute Gasteiger partial charge is 0.147 e. The van der Waals surface area contributed by atoms with E-state index in [-0.39, 0.29) is 6.10 Å². The van der Waals surface area contributed by atoms with Crippen LogP contribution < -0.4 is 9.80 Å². The molecule has 4 heterocycles. The van der Waals surface area contributed by atoms with Gasteiger partial charge in [-0.15, -0.1) is 0 Å². The monoisotopic (exact) mass is 425 g/mol. The average molecular weight is 426 g/mol. The van der Waals surface area contributed by atoms with Crippen LogP contribution in [-0.2, 0) is 4.74 Å². The number of anilines is 2. The number of aromatic nitrogens is 2. The second kappa shape index (κ2) is 10.6. The fourth-order valence-corrected chi connectivity index (χ4v) is 4.14. The zero-order chi connectivity index (χ0) is 20.6. The molecule has 2 aliphatic rings. The van der Waals surface area contributed by atoms with Crippen LogP contribution in [-0.4, -0.2) is 73.4 Å². The van der Waals surface area contributed by atoms with E-state index in [0.717, 1.165) is 70.3 Å². The molecule has 2 saturated heterocycles. The molecule has 2 aromatic rings. The molecule has 0 bridgehead atoms. The summed E-state index contributed by atoms with van der Waals surface area (Å²) in [5.41, 5.74) is 0. The van der Waals surface area contributed by atoms with Crippen molar-refractivity contribution in [3.63, 3.8) is 0 Å². The summed E-state index contributed by atoms with van der Waals surface area (Å²) in [7, 11) is 0. The first kappa shape index (κ1) is 20.9. The van der Waals surface area contributed by atoms with Crippen LogP contribution in [0.5, 0.6) is 0 Å². The molecule has 30 heavy (non-hydrogen) atoms. The van der Waals surface area contributed by atoms with Gasteiger partial charge in [-0.05, 0) is 37.1 Å². The SMILES string of the molecule is Clc1cccnc1N1CCC(OCC#CCN2CCN(c3ccccn3)CC2)CC1. The van der Waals surface area contributed by atoms with Gasteiger partial charge in [0.05, 0.1) is 17.7 Å². The van der Waals surface area contributed by atoms with Crippen LogP contribution in [0.25, 0.3) is 0 Å². The first-order valence-corrected chi connectivity index (χ1v) is 11.0. The summed E-state index contributed by atoms with van der Waals surface area (Å²) in [6, 6.07) is 9.82.